The zero-order chi connectivity index (χ0) is 17.3. The van der Waals surface area contributed by atoms with Crippen molar-refractivity contribution < 1.29 is 14.7 Å². The van der Waals surface area contributed by atoms with Crippen LogP contribution in [-0.4, -0.2) is 33.3 Å². The third-order valence-corrected chi connectivity index (χ3v) is 18.6. The molecule has 0 spiro atoms. The molecule has 0 aromatic heterocycles. The predicted octanol–water partition coefficient (Wildman–Crippen LogP) is 5.10. The Morgan fingerprint density at radius 3 is 2.00 bits per heavy atom. The van der Waals surface area contributed by atoms with Crippen LogP contribution in [0, 0.1) is 0 Å². The van der Waals surface area contributed by atoms with Crippen LogP contribution in [0.3, 0.4) is 0 Å². The molecule has 1 rings (SSSR count). The summed E-state index contributed by atoms with van der Waals surface area (Å²) >= 11 is -3.34. The van der Waals surface area contributed by atoms with Crippen LogP contribution in [0.5, 0.6) is 0 Å². The molecule has 1 aromatic rings. The summed E-state index contributed by atoms with van der Waals surface area (Å²) in [4.78, 5) is 24.6. The first-order valence-electron chi connectivity index (χ1n) is 8.47. The van der Waals surface area contributed by atoms with Crippen molar-refractivity contribution in [2.45, 2.75) is 52.8 Å². The number of carboxylic acids is 1. The van der Waals surface area contributed by atoms with E-state index in [2.05, 4.69) is 20.4 Å². The Kier molecular flexibility index (Phi) is 8.59. The van der Waals surface area contributed by atoms with Gasteiger partial charge in [-0.05, 0) is 0 Å². The summed E-state index contributed by atoms with van der Waals surface area (Å²) in [6.45, 7) is 7.97. The summed E-state index contributed by atoms with van der Waals surface area (Å²) < 4.78 is 2.55. The third kappa shape index (κ3) is 5.79. The maximum absolute atomic E-state index is 13.3. The van der Waals surface area contributed by atoms with E-state index < -0.39 is 24.3 Å². The minimum absolute atomic E-state index is 0.220. The van der Waals surface area contributed by atoms with Crippen molar-refractivity contribution in [2.24, 2.45) is 0 Å². The molecule has 4 heteroatoms. The van der Waals surface area contributed by atoms with Gasteiger partial charge in [0.05, 0.1) is 0 Å². The van der Waals surface area contributed by atoms with Gasteiger partial charge in [0.2, 0.25) is 0 Å². The van der Waals surface area contributed by atoms with Gasteiger partial charge in [0.25, 0.3) is 0 Å². The first-order chi connectivity index (χ1) is 11.0. The van der Waals surface area contributed by atoms with Crippen LogP contribution in [-0.2, 0) is 4.79 Å². The minimum atomic E-state index is -3.34. The predicted molar refractivity (Wildman–Crippen MR) is 97.5 cm³/mol. The summed E-state index contributed by atoms with van der Waals surface area (Å²) in [6.07, 6.45) is 4.08. The van der Waals surface area contributed by atoms with E-state index in [0.29, 0.717) is 4.44 Å². The van der Waals surface area contributed by atoms with Crippen molar-refractivity contribution in [2.75, 3.05) is 0 Å². The quantitative estimate of drug-likeness (QED) is 0.398. The van der Waals surface area contributed by atoms with Gasteiger partial charge in [0, 0.05) is 0 Å². The number of rotatable bonds is 11. The van der Waals surface area contributed by atoms with Crippen LogP contribution in [0.25, 0.3) is 0 Å². The van der Waals surface area contributed by atoms with Gasteiger partial charge in [0.15, 0.2) is 0 Å². The van der Waals surface area contributed by atoms with Gasteiger partial charge in [-0.2, -0.15) is 0 Å². The molecule has 1 aromatic carbocycles. The van der Waals surface area contributed by atoms with Crippen LogP contribution < -0.4 is 0 Å². The standard InChI is InChI=1S/C7H5O.C4H5O2.2C4H9.Sn/c8-6-7-4-2-1-3-5-7;1-3(2)4(5)6;2*1-3-4-2;/h1-5H;1-2H2,(H,5,6);2*1,3-4H2,2H3;. The van der Waals surface area contributed by atoms with Crippen LogP contribution in [0.1, 0.15) is 49.9 Å². The fraction of sp³-hybridized carbons (Fsp3) is 0.474. The number of carboxylic acid groups (broad SMARTS) is 1. The normalized spacial score (nSPS) is 11.2. The van der Waals surface area contributed by atoms with E-state index in [1.165, 1.54) is 0 Å². The van der Waals surface area contributed by atoms with E-state index in [9.17, 15) is 14.7 Å². The van der Waals surface area contributed by atoms with E-state index in [4.69, 9.17) is 0 Å². The Hall–Kier alpha value is -1.10. The van der Waals surface area contributed by atoms with E-state index in [1.54, 1.807) is 0 Å². The molecule has 0 unspecified atom stereocenters. The molecule has 0 radical (unpaired) electrons. The van der Waals surface area contributed by atoms with Crippen molar-refractivity contribution in [3.05, 3.63) is 48.0 Å². The summed E-state index contributed by atoms with van der Waals surface area (Å²) in [7, 11) is 0. The van der Waals surface area contributed by atoms with Gasteiger partial charge in [-0.3, -0.25) is 0 Å². The number of aliphatic carboxylic acids is 1. The summed E-state index contributed by atoms with van der Waals surface area (Å²) in [5.74, 6) is -0.958. The monoisotopic (exact) mass is 424 g/mol. The Labute approximate surface area is 143 Å². The van der Waals surface area contributed by atoms with Gasteiger partial charge in [0.1, 0.15) is 0 Å². The zero-order valence-electron chi connectivity index (χ0n) is 14.3. The molecule has 0 heterocycles. The van der Waals surface area contributed by atoms with Gasteiger partial charge >= 0.3 is 144 Å². The van der Waals surface area contributed by atoms with Gasteiger partial charge in [-0.1, -0.05) is 0 Å². The molecule has 0 bridgehead atoms. The van der Waals surface area contributed by atoms with Crippen molar-refractivity contribution >= 4 is 28.1 Å². The molecule has 126 valence electrons. The van der Waals surface area contributed by atoms with Gasteiger partial charge in [-0.25, -0.2) is 0 Å². The first kappa shape index (κ1) is 19.9. The molecule has 23 heavy (non-hydrogen) atoms. The summed E-state index contributed by atoms with van der Waals surface area (Å²) in [6, 6.07) is 9.41. The van der Waals surface area contributed by atoms with Crippen LogP contribution in [0.15, 0.2) is 42.5 Å². The maximum atomic E-state index is 13.3. The van der Waals surface area contributed by atoms with Crippen LogP contribution in [0.2, 0.25) is 13.3 Å². The van der Waals surface area contributed by atoms with Crippen molar-refractivity contribution in [1.82, 2.24) is 0 Å². The first-order valence-corrected chi connectivity index (χ1v) is 16.0. The molecule has 0 saturated carbocycles. The van der Waals surface area contributed by atoms with E-state index >= 15 is 0 Å². The fourth-order valence-corrected chi connectivity index (χ4v) is 17.4. The molecule has 0 aliphatic rings. The van der Waals surface area contributed by atoms with Gasteiger partial charge in [-0.15, -0.1) is 0 Å². The van der Waals surface area contributed by atoms with Gasteiger partial charge < -0.3 is 0 Å². The second-order valence-electron chi connectivity index (χ2n) is 6.27. The zero-order valence-corrected chi connectivity index (χ0v) is 17.2. The van der Waals surface area contributed by atoms with Crippen molar-refractivity contribution in [3.63, 3.8) is 0 Å². The van der Waals surface area contributed by atoms with E-state index in [-0.39, 0.29) is 9.37 Å². The number of benzene rings is 1. The number of carbonyl (C=O) groups is 2. The molecule has 0 aliphatic carbocycles. The molecule has 1 N–H and O–H groups in total. The van der Waals surface area contributed by atoms with Crippen molar-refractivity contribution in [1.29, 1.82) is 0 Å². The van der Waals surface area contributed by atoms with E-state index in [1.807, 2.05) is 30.3 Å². The summed E-state index contributed by atoms with van der Waals surface area (Å²) in [5.41, 5.74) is 0.978. The molecule has 0 amide bonds. The third-order valence-electron chi connectivity index (χ3n) is 4.39. The SMILES string of the molecule is C=C([CH2][Sn]([CH2]CCC)([CH2]CCC)[C](=O)c1ccccc1)C(=O)O. The van der Waals surface area contributed by atoms with Crippen LogP contribution in [0.4, 0.5) is 0 Å². The Balaban J connectivity index is 3.20. The Morgan fingerprint density at radius 2 is 1.57 bits per heavy atom. The Bertz CT molecular complexity index is 529. The second kappa shape index (κ2) is 9.91. The Morgan fingerprint density at radius 1 is 1.04 bits per heavy atom. The number of hydrogen-bond acceptors (Lipinski definition) is 2. The molecule has 0 aliphatic heterocycles. The fourth-order valence-electron chi connectivity index (χ4n) is 3.02. The molecular formula is C19H28O3Sn. The molecule has 3 nitrogen and oxygen atoms in total. The molecule has 0 fully saturated rings. The number of hydrogen-bond donors (Lipinski definition) is 1. The number of unbranched alkanes of at least 4 members (excludes halogenated alkanes) is 2. The van der Waals surface area contributed by atoms with Crippen molar-refractivity contribution in [3.8, 4) is 0 Å². The second-order valence-corrected chi connectivity index (χ2v) is 18.7. The molecule has 0 saturated heterocycles. The van der Waals surface area contributed by atoms with Crippen LogP contribution >= 0.6 is 0 Å². The number of carbonyl (C=O) groups excluding carboxylic acids is 1. The average molecular weight is 423 g/mol. The topological polar surface area (TPSA) is 54.4 Å². The molecular weight excluding hydrogens is 395 g/mol. The van der Waals surface area contributed by atoms with E-state index in [0.717, 1.165) is 40.1 Å². The summed E-state index contributed by atoms with van der Waals surface area (Å²) in [5, 5.41) is 9.27. The molecule has 0 atom stereocenters. The average Bonchev–Trinajstić information content (AvgIpc) is 2.57.